The Bertz CT molecular complexity index is 1610. The third-order valence-corrected chi connectivity index (χ3v) is 9.19. The Kier molecular flexibility index (Phi) is 11.5. The molecule has 2 aromatic carbocycles. The summed E-state index contributed by atoms with van der Waals surface area (Å²) in [5.41, 5.74) is 3.03. The number of benzene rings is 2. The molecule has 0 N–H and O–H groups in total. The first-order valence-corrected chi connectivity index (χ1v) is 17.1. The predicted molar refractivity (Wildman–Crippen MR) is 185 cm³/mol. The Morgan fingerprint density at radius 1 is 0.938 bits per heavy atom. The minimum absolute atomic E-state index is 0.00726. The number of para-hydroxylation sites is 1. The van der Waals surface area contributed by atoms with Gasteiger partial charge in [-0.3, -0.25) is 9.59 Å². The number of methoxy groups -OCH3 is 2. The highest BCUT2D eigenvalue weighted by atomic mass is 16.6. The summed E-state index contributed by atoms with van der Waals surface area (Å²) >= 11 is 0. The maximum absolute atomic E-state index is 14.9. The monoisotopic (exact) mass is 661 g/mol. The summed E-state index contributed by atoms with van der Waals surface area (Å²) in [7, 11) is 5.12. The topological polar surface area (TPSA) is 99.5 Å². The van der Waals surface area contributed by atoms with Gasteiger partial charge in [-0.1, -0.05) is 24.3 Å². The Morgan fingerprint density at radius 3 is 2.38 bits per heavy atom. The van der Waals surface area contributed by atoms with Gasteiger partial charge in [0.25, 0.3) is 5.56 Å². The van der Waals surface area contributed by atoms with E-state index in [4.69, 9.17) is 18.9 Å². The zero-order valence-corrected chi connectivity index (χ0v) is 29.3. The minimum Gasteiger partial charge on any atom is -0.491 e. The number of hydrogen-bond acceptors (Lipinski definition) is 7. The lowest BCUT2D eigenvalue weighted by Gasteiger charge is -2.41. The van der Waals surface area contributed by atoms with E-state index in [0.29, 0.717) is 39.3 Å². The van der Waals surface area contributed by atoms with Crippen molar-refractivity contribution in [2.75, 3.05) is 47.1 Å². The molecule has 1 saturated carbocycles. The van der Waals surface area contributed by atoms with E-state index in [1.54, 1.807) is 36.8 Å². The summed E-state index contributed by atoms with van der Waals surface area (Å²) in [6.07, 6.45) is 3.67. The number of rotatable bonds is 13. The molecule has 0 bridgehead atoms. The molecule has 10 nitrogen and oxygen atoms in total. The van der Waals surface area contributed by atoms with Crippen molar-refractivity contribution in [3.8, 4) is 5.75 Å². The lowest BCUT2D eigenvalue weighted by atomic mass is 9.78. The fourth-order valence-electron chi connectivity index (χ4n) is 6.70. The SMILES string of the molecule is COCCCc1cc(CN(C(=O)[C@@H]2CN(C(=O)OC(C)(C)C)CC[C@H]2c2cc(=O)n(C)c3ccccc23)C2CC2)cc(OCCOC)c1. The standard InChI is InChI=1S/C38H51N3O7/c1-38(2,3)48-37(44)40-16-15-30(32-23-35(42)39(4)34-12-8-7-11-31(32)34)33(25-40)36(43)41(28-13-14-28)24-27-20-26(10-9-17-45-5)21-29(22-27)47-19-18-46-6/h7-8,11-12,20-23,28,30,33H,9-10,13-19,24-25H2,1-6H3/t30-,33+/m0/s1. The lowest BCUT2D eigenvalue weighted by Crippen LogP contribution is -2.51. The molecule has 2 amide bonds. The first-order chi connectivity index (χ1) is 23.0. The van der Waals surface area contributed by atoms with Crippen LogP contribution in [0.1, 0.15) is 69.1 Å². The van der Waals surface area contributed by atoms with Gasteiger partial charge in [0.1, 0.15) is 18.0 Å². The summed E-state index contributed by atoms with van der Waals surface area (Å²) < 4.78 is 23.9. The van der Waals surface area contributed by atoms with Crippen LogP contribution >= 0.6 is 0 Å². The average Bonchev–Trinajstić information content (AvgIpc) is 3.90. The molecule has 260 valence electrons. The number of ether oxygens (including phenoxy) is 4. The zero-order chi connectivity index (χ0) is 34.4. The molecular weight excluding hydrogens is 610 g/mol. The van der Waals surface area contributed by atoms with Crippen molar-refractivity contribution < 1.29 is 28.5 Å². The second-order valence-electron chi connectivity index (χ2n) is 14.1. The van der Waals surface area contributed by atoms with E-state index in [2.05, 4.69) is 12.1 Å². The van der Waals surface area contributed by atoms with E-state index >= 15 is 0 Å². The van der Waals surface area contributed by atoms with Crippen LogP contribution in [0.15, 0.2) is 53.3 Å². The minimum atomic E-state index is -0.660. The number of amides is 2. The van der Waals surface area contributed by atoms with Crippen molar-refractivity contribution in [1.82, 2.24) is 14.4 Å². The van der Waals surface area contributed by atoms with Gasteiger partial charge in [-0.05, 0) is 93.7 Å². The van der Waals surface area contributed by atoms with Crippen molar-refractivity contribution in [2.45, 2.75) is 77.0 Å². The molecule has 1 aliphatic heterocycles. The van der Waals surface area contributed by atoms with Crippen LogP contribution in [-0.4, -0.2) is 85.1 Å². The van der Waals surface area contributed by atoms with Crippen molar-refractivity contribution >= 4 is 22.9 Å². The molecule has 2 heterocycles. The van der Waals surface area contributed by atoms with Gasteiger partial charge in [-0.2, -0.15) is 0 Å². The van der Waals surface area contributed by atoms with Crippen LogP contribution in [0.4, 0.5) is 4.79 Å². The number of hydrogen-bond donors (Lipinski definition) is 0. The number of nitrogens with zero attached hydrogens (tertiary/aromatic N) is 3. The molecule has 2 aliphatic rings. The Hall–Kier alpha value is -3.89. The highest BCUT2D eigenvalue weighted by Gasteiger charge is 2.44. The van der Waals surface area contributed by atoms with Gasteiger partial charge in [0, 0.05) is 65.0 Å². The summed E-state index contributed by atoms with van der Waals surface area (Å²) in [5, 5.41) is 0.952. The van der Waals surface area contributed by atoms with Crippen molar-refractivity contribution in [1.29, 1.82) is 0 Å². The smallest absolute Gasteiger partial charge is 0.410 e. The molecule has 0 radical (unpaired) electrons. The predicted octanol–water partition coefficient (Wildman–Crippen LogP) is 5.67. The number of fused-ring (bicyclic) bond motifs is 1. The molecule has 48 heavy (non-hydrogen) atoms. The van der Waals surface area contributed by atoms with Crippen LogP contribution in [0.5, 0.6) is 5.75 Å². The lowest BCUT2D eigenvalue weighted by molar-refractivity contribution is -0.139. The van der Waals surface area contributed by atoms with E-state index in [9.17, 15) is 14.4 Å². The normalized spacial score (nSPS) is 18.2. The van der Waals surface area contributed by atoms with Gasteiger partial charge in [0.05, 0.1) is 18.0 Å². The first kappa shape index (κ1) is 35.4. The summed E-state index contributed by atoms with van der Waals surface area (Å²) in [6.45, 7) is 8.17. The summed E-state index contributed by atoms with van der Waals surface area (Å²) in [4.78, 5) is 45.1. The largest absolute Gasteiger partial charge is 0.491 e. The van der Waals surface area contributed by atoms with Gasteiger partial charge in [0.15, 0.2) is 0 Å². The first-order valence-electron chi connectivity index (χ1n) is 17.1. The Labute approximate surface area is 283 Å². The highest BCUT2D eigenvalue weighted by molar-refractivity contribution is 5.86. The summed E-state index contributed by atoms with van der Waals surface area (Å²) in [5.74, 6) is -0.0557. The molecule has 1 aliphatic carbocycles. The van der Waals surface area contributed by atoms with E-state index in [1.807, 2.05) is 56.0 Å². The van der Waals surface area contributed by atoms with Gasteiger partial charge >= 0.3 is 6.09 Å². The maximum atomic E-state index is 14.9. The average molecular weight is 662 g/mol. The van der Waals surface area contributed by atoms with Gasteiger partial charge in [-0.25, -0.2) is 4.79 Å². The molecule has 2 atom stereocenters. The van der Waals surface area contributed by atoms with E-state index in [-0.39, 0.29) is 30.0 Å². The molecular formula is C38H51N3O7. The molecule has 5 rings (SSSR count). The molecule has 0 unspecified atom stereocenters. The van der Waals surface area contributed by atoms with Crippen LogP contribution in [-0.2, 0) is 39.0 Å². The van der Waals surface area contributed by atoms with Crippen molar-refractivity contribution in [3.05, 3.63) is 75.6 Å². The number of aromatic nitrogens is 1. The second kappa shape index (κ2) is 15.6. The van der Waals surface area contributed by atoms with Crippen molar-refractivity contribution in [3.63, 3.8) is 0 Å². The summed E-state index contributed by atoms with van der Waals surface area (Å²) in [6, 6.07) is 15.9. The van der Waals surface area contributed by atoms with Crippen LogP contribution in [0.25, 0.3) is 10.9 Å². The van der Waals surface area contributed by atoms with Gasteiger partial charge in [-0.15, -0.1) is 0 Å². The van der Waals surface area contributed by atoms with E-state index in [0.717, 1.165) is 59.0 Å². The van der Waals surface area contributed by atoms with Gasteiger partial charge in [0.2, 0.25) is 5.91 Å². The third-order valence-electron chi connectivity index (χ3n) is 9.19. The number of aryl methyl sites for hydroxylation is 2. The Balaban J connectivity index is 1.50. The van der Waals surface area contributed by atoms with Crippen LogP contribution < -0.4 is 10.3 Å². The molecule has 2 fully saturated rings. The number of pyridine rings is 1. The van der Waals surface area contributed by atoms with E-state index in [1.165, 1.54) is 0 Å². The third kappa shape index (κ3) is 8.76. The number of carbonyl (C=O) groups is 2. The Morgan fingerprint density at radius 2 is 1.67 bits per heavy atom. The van der Waals surface area contributed by atoms with Crippen molar-refractivity contribution in [2.24, 2.45) is 13.0 Å². The van der Waals surface area contributed by atoms with Crippen LogP contribution in [0.2, 0.25) is 0 Å². The molecule has 1 saturated heterocycles. The number of piperidine rings is 1. The quantitative estimate of drug-likeness (QED) is 0.218. The fraction of sp³-hybridized carbons (Fsp3) is 0.553. The zero-order valence-electron chi connectivity index (χ0n) is 29.3. The molecule has 1 aromatic heterocycles. The molecule has 0 spiro atoms. The number of likely N-dealkylation sites (tertiary alicyclic amines) is 1. The molecule has 3 aromatic rings. The van der Waals surface area contributed by atoms with Gasteiger partial charge < -0.3 is 33.3 Å². The second-order valence-corrected chi connectivity index (χ2v) is 14.1. The maximum Gasteiger partial charge on any atom is 0.410 e. The van der Waals surface area contributed by atoms with E-state index < -0.39 is 17.6 Å². The van der Waals surface area contributed by atoms with Crippen LogP contribution in [0, 0.1) is 5.92 Å². The number of carbonyl (C=O) groups excluding carboxylic acids is 2. The van der Waals surface area contributed by atoms with Crippen LogP contribution in [0.3, 0.4) is 0 Å². The highest BCUT2D eigenvalue weighted by Crippen LogP contribution is 2.40. The fourth-order valence-corrected chi connectivity index (χ4v) is 6.70. The molecule has 10 heteroatoms.